The Hall–Kier alpha value is -3.91. The van der Waals surface area contributed by atoms with Gasteiger partial charge in [0.1, 0.15) is 5.60 Å². The lowest BCUT2D eigenvalue weighted by molar-refractivity contribution is -0.141. The maximum absolute atomic E-state index is 13.8. The fourth-order valence-corrected chi connectivity index (χ4v) is 10.3. The van der Waals surface area contributed by atoms with Crippen molar-refractivity contribution < 1.29 is 43.4 Å². The highest BCUT2D eigenvalue weighted by molar-refractivity contribution is 5.84. The summed E-state index contributed by atoms with van der Waals surface area (Å²) >= 11 is 0. The van der Waals surface area contributed by atoms with Crippen molar-refractivity contribution in [2.75, 3.05) is 39.3 Å². The molecule has 6 rings (SSSR count). The van der Waals surface area contributed by atoms with Gasteiger partial charge < -0.3 is 39.2 Å². The minimum atomic E-state index is -0.912. The van der Waals surface area contributed by atoms with Crippen molar-refractivity contribution in [3.05, 3.63) is 0 Å². The minimum Gasteiger partial charge on any atom is -0.481 e. The first-order valence-corrected chi connectivity index (χ1v) is 21.4. The molecule has 1 N–H and O–H groups in total. The van der Waals surface area contributed by atoms with Gasteiger partial charge in [-0.3, -0.25) is 28.8 Å². The Labute approximate surface area is 331 Å². The summed E-state index contributed by atoms with van der Waals surface area (Å²) in [4.78, 5) is 103. The summed E-state index contributed by atoms with van der Waals surface area (Å²) in [6.45, 7) is 8.93. The van der Waals surface area contributed by atoms with Crippen molar-refractivity contribution in [1.82, 2.24) is 29.4 Å². The van der Waals surface area contributed by atoms with E-state index in [2.05, 4.69) is 0 Å². The van der Waals surface area contributed by atoms with Gasteiger partial charge in [-0.2, -0.15) is 0 Å². The molecule has 0 aromatic heterocycles. The third-order valence-electron chi connectivity index (χ3n) is 13.0. The molecule has 6 heterocycles. The highest BCUT2D eigenvalue weighted by Gasteiger charge is 2.41. The summed E-state index contributed by atoms with van der Waals surface area (Å²) in [6, 6.07) is -1.37. The predicted octanol–water partition coefficient (Wildman–Crippen LogP) is 3.77. The Balaban J connectivity index is 0.982. The van der Waals surface area contributed by atoms with Crippen LogP contribution in [0.4, 0.5) is 4.79 Å². The van der Waals surface area contributed by atoms with Crippen LogP contribution >= 0.6 is 0 Å². The molecule has 0 aliphatic carbocycles. The van der Waals surface area contributed by atoms with E-state index in [0.29, 0.717) is 45.7 Å². The molecular formula is C41H64N6O9. The Kier molecular flexibility index (Phi) is 13.5. The lowest BCUT2D eigenvalue weighted by Crippen LogP contribution is -2.47. The van der Waals surface area contributed by atoms with Gasteiger partial charge >= 0.3 is 12.1 Å². The molecule has 6 aliphatic rings. The van der Waals surface area contributed by atoms with Crippen LogP contribution in [0.15, 0.2) is 0 Å². The highest BCUT2D eigenvalue weighted by Crippen LogP contribution is 2.32. The van der Waals surface area contributed by atoms with Gasteiger partial charge in [0, 0.05) is 108 Å². The van der Waals surface area contributed by atoms with E-state index in [1.54, 1.807) is 14.7 Å². The number of ether oxygens (including phenoxy) is 1. The lowest BCUT2D eigenvalue weighted by Gasteiger charge is -2.33. The monoisotopic (exact) mass is 784 g/mol. The van der Waals surface area contributed by atoms with E-state index in [-0.39, 0.29) is 110 Å². The Morgan fingerprint density at radius 2 is 0.661 bits per heavy atom. The molecule has 15 heteroatoms. The maximum Gasteiger partial charge on any atom is 0.410 e. The number of rotatable bonds is 12. The summed E-state index contributed by atoms with van der Waals surface area (Å²) in [6.07, 6.45) is 9.81. The van der Waals surface area contributed by atoms with Crippen molar-refractivity contribution in [1.29, 1.82) is 0 Å². The molecule has 6 amide bonds. The first kappa shape index (κ1) is 41.7. The molecule has 0 saturated carbocycles. The Bertz CT molecular complexity index is 1500. The van der Waals surface area contributed by atoms with E-state index < -0.39 is 11.6 Å². The van der Waals surface area contributed by atoms with Gasteiger partial charge in [0.05, 0.1) is 6.42 Å². The van der Waals surface area contributed by atoms with E-state index in [1.165, 1.54) is 0 Å². The first-order valence-electron chi connectivity index (χ1n) is 21.4. The third-order valence-corrected chi connectivity index (χ3v) is 13.0. The minimum absolute atomic E-state index is 0.0350. The molecule has 6 fully saturated rings. The van der Waals surface area contributed by atoms with E-state index >= 15 is 0 Å². The van der Waals surface area contributed by atoms with Gasteiger partial charge in [-0.1, -0.05) is 0 Å². The average Bonchev–Trinajstić information content (AvgIpc) is 3.96. The van der Waals surface area contributed by atoms with Crippen LogP contribution in [0.1, 0.15) is 136 Å². The molecule has 0 aromatic carbocycles. The molecule has 0 bridgehead atoms. The number of aliphatic carboxylic acids is 1. The van der Waals surface area contributed by atoms with Gasteiger partial charge in [-0.05, 0) is 97.8 Å². The topological polar surface area (TPSA) is 168 Å². The number of carbonyl (C=O) groups is 7. The van der Waals surface area contributed by atoms with Crippen LogP contribution in [0.25, 0.3) is 0 Å². The van der Waals surface area contributed by atoms with Crippen molar-refractivity contribution in [2.24, 2.45) is 0 Å². The molecule has 6 atom stereocenters. The van der Waals surface area contributed by atoms with Crippen LogP contribution in [0.3, 0.4) is 0 Å². The van der Waals surface area contributed by atoms with Gasteiger partial charge in [0.25, 0.3) is 0 Å². The Morgan fingerprint density at radius 3 is 0.911 bits per heavy atom. The largest absolute Gasteiger partial charge is 0.481 e. The Morgan fingerprint density at radius 1 is 0.429 bits per heavy atom. The molecule has 0 radical (unpaired) electrons. The summed E-state index contributed by atoms with van der Waals surface area (Å²) in [5, 5.41) is 9.28. The van der Waals surface area contributed by atoms with Crippen molar-refractivity contribution in [3.8, 4) is 0 Å². The van der Waals surface area contributed by atoms with Crippen LogP contribution in [0.2, 0.25) is 0 Å². The maximum atomic E-state index is 13.8. The number of hydrogen-bond donors (Lipinski definition) is 1. The van der Waals surface area contributed by atoms with Gasteiger partial charge in [0.15, 0.2) is 0 Å². The molecule has 312 valence electrons. The summed E-state index contributed by atoms with van der Waals surface area (Å²) in [5.74, 6) is -1.16. The quantitative estimate of drug-likeness (QED) is 0.310. The zero-order valence-corrected chi connectivity index (χ0v) is 33.8. The van der Waals surface area contributed by atoms with Crippen LogP contribution < -0.4 is 0 Å². The van der Waals surface area contributed by atoms with E-state index in [0.717, 1.165) is 70.6 Å². The summed E-state index contributed by atoms with van der Waals surface area (Å²) in [7, 11) is 0. The van der Waals surface area contributed by atoms with Gasteiger partial charge in [0.2, 0.25) is 29.5 Å². The predicted molar refractivity (Wildman–Crippen MR) is 205 cm³/mol. The zero-order valence-electron chi connectivity index (χ0n) is 33.8. The second kappa shape index (κ2) is 18.1. The number of hydrogen-bond acceptors (Lipinski definition) is 8. The number of carboxylic acid groups (broad SMARTS) is 1. The van der Waals surface area contributed by atoms with E-state index in [9.17, 15) is 38.7 Å². The smallest absolute Gasteiger partial charge is 0.410 e. The number of nitrogens with zero attached hydrogens (tertiary/aromatic N) is 6. The van der Waals surface area contributed by atoms with Crippen molar-refractivity contribution >= 4 is 41.6 Å². The fraction of sp³-hybridized carbons (Fsp3) is 0.829. The SMILES string of the molecule is CC(C)(C)OC(=O)N1CCC[C@H]1CC(=O)N1CCC[C@H]1CC(=O)N1CCC[C@H]1CC(=O)N1CCC[C@H]1CC(=O)N1CCC[C@H]1CC(=O)N1CCC[C@H]1CC(=O)O. The number of carbonyl (C=O) groups excluding carboxylic acids is 6. The van der Waals surface area contributed by atoms with Crippen molar-refractivity contribution in [3.63, 3.8) is 0 Å². The molecule has 0 aromatic rings. The second-order valence-corrected chi connectivity index (χ2v) is 18.0. The standard InChI is InChI=1S/C41H64N6O9/c1-41(2,3)56-40(55)47-21-9-14-32(47)26-38(52)45-19-7-12-30(45)24-36(50)43-17-5-10-28(43)22-34(48)42-16-4-11-29(42)23-35(49)44-18-6-13-31(44)25-37(51)46-20-8-15-33(46)27-39(53)54/h28-33H,4-27H2,1-3H3,(H,53,54)/t28-,29-,30-,31-,32-,33-/m0/s1. The number of amides is 6. The summed E-state index contributed by atoms with van der Waals surface area (Å²) in [5.41, 5.74) is -0.616. The molecule has 56 heavy (non-hydrogen) atoms. The lowest BCUT2D eigenvalue weighted by atomic mass is 10.1. The number of carboxylic acids is 1. The van der Waals surface area contributed by atoms with Gasteiger partial charge in [-0.15, -0.1) is 0 Å². The second-order valence-electron chi connectivity index (χ2n) is 18.0. The third kappa shape index (κ3) is 10.1. The average molecular weight is 785 g/mol. The first-order chi connectivity index (χ1) is 26.7. The summed E-state index contributed by atoms with van der Waals surface area (Å²) < 4.78 is 5.59. The molecule has 15 nitrogen and oxygen atoms in total. The number of likely N-dealkylation sites (tertiary alicyclic amines) is 6. The molecule has 0 spiro atoms. The van der Waals surface area contributed by atoms with Crippen LogP contribution in [-0.4, -0.2) is 157 Å². The highest BCUT2D eigenvalue weighted by atomic mass is 16.6. The zero-order chi connectivity index (χ0) is 40.1. The van der Waals surface area contributed by atoms with E-state index in [1.807, 2.05) is 35.5 Å². The normalized spacial score (nSPS) is 28.1. The van der Waals surface area contributed by atoms with Crippen LogP contribution in [-0.2, 0) is 33.5 Å². The van der Waals surface area contributed by atoms with Crippen LogP contribution in [0.5, 0.6) is 0 Å². The molecule has 6 saturated heterocycles. The van der Waals surface area contributed by atoms with Gasteiger partial charge in [-0.25, -0.2) is 4.79 Å². The van der Waals surface area contributed by atoms with Crippen LogP contribution in [0, 0.1) is 0 Å². The molecule has 6 aliphatic heterocycles. The molecular weight excluding hydrogens is 720 g/mol. The molecule has 0 unspecified atom stereocenters. The van der Waals surface area contributed by atoms with Crippen molar-refractivity contribution in [2.45, 2.75) is 178 Å². The van der Waals surface area contributed by atoms with E-state index in [4.69, 9.17) is 4.74 Å². The fourth-order valence-electron chi connectivity index (χ4n) is 10.3.